The maximum Gasteiger partial charge on any atom is 0.401 e. The summed E-state index contributed by atoms with van der Waals surface area (Å²) in [7, 11) is 0. The molecule has 1 aliphatic rings. The van der Waals surface area contributed by atoms with Crippen LogP contribution < -0.4 is 10.6 Å². The van der Waals surface area contributed by atoms with Crippen LogP contribution in [0.15, 0.2) is 0 Å². The maximum absolute atomic E-state index is 12.3. The van der Waals surface area contributed by atoms with Crippen LogP contribution in [0.4, 0.5) is 13.2 Å². The van der Waals surface area contributed by atoms with Crippen LogP contribution in [0.2, 0.25) is 0 Å². The zero-order valence-corrected chi connectivity index (χ0v) is 13.9. The van der Waals surface area contributed by atoms with E-state index in [1.165, 1.54) is 4.90 Å². The highest BCUT2D eigenvalue weighted by atomic mass is 19.4. The van der Waals surface area contributed by atoms with Gasteiger partial charge < -0.3 is 10.6 Å². The minimum Gasteiger partial charge on any atom is -0.354 e. The molecule has 134 valence electrons. The van der Waals surface area contributed by atoms with Gasteiger partial charge in [-0.15, -0.1) is 0 Å². The van der Waals surface area contributed by atoms with Gasteiger partial charge in [-0.3, -0.25) is 14.5 Å². The molecule has 2 amide bonds. The summed E-state index contributed by atoms with van der Waals surface area (Å²) in [6.07, 6.45) is -3.22. The van der Waals surface area contributed by atoms with Crippen molar-refractivity contribution in [2.24, 2.45) is 11.3 Å². The van der Waals surface area contributed by atoms with Gasteiger partial charge in [0, 0.05) is 19.5 Å². The lowest BCUT2D eigenvalue weighted by Crippen LogP contribution is -2.40. The van der Waals surface area contributed by atoms with Crippen LogP contribution >= 0.6 is 0 Å². The zero-order chi connectivity index (χ0) is 17.7. The van der Waals surface area contributed by atoms with E-state index in [1.54, 1.807) is 0 Å². The Labute approximate surface area is 135 Å². The van der Waals surface area contributed by atoms with Gasteiger partial charge in [-0.05, 0) is 24.3 Å². The van der Waals surface area contributed by atoms with E-state index in [9.17, 15) is 22.8 Å². The summed E-state index contributed by atoms with van der Waals surface area (Å²) in [4.78, 5) is 24.6. The third-order valence-corrected chi connectivity index (χ3v) is 3.50. The average Bonchev–Trinajstić information content (AvgIpc) is 2.77. The molecule has 0 aliphatic carbocycles. The Morgan fingerprint density at radius 3 is 2.35 bits per heavy atom. The Bertz CT molecular complexity index is 419. The summed E-state index contributed by atoms with van der Waals surface area (Å²) in [5.74, 6) is -0.488. The number of carbonyl (C=O) groups is 2. The molecule has 1 aliphatic heterocycles. The molecule has 5 nitrogen and oxygen atoms in total. The smallest absolute Gasteiger partial charge is 0.354 e. The number of likely N-dealkylation sites (tertiary alicyclic amines) is 1. The van der Waals surface area contributed by atoms with Crippen molar-refractivity contribution in [1.82, 2.24) is 15.5 Å². The molecule has 1 atom stereocenters. The molecule has 0 radical (unpaired) electrons. The summed E-state index contributed by atoms with van der Waals surface area (Å²) in [6.45, 7) is 5.84. The number of halogens is 3. The van der Waals surface area contributed by atoms with Gasteiger partial charge in [-0.2, -0.15) is 13.2 Å². The van der Waals surface area contributed by atoms with Crippen LogP contribution in [0.5, 0.6) is 0 Å². The molecule has 8 heteroatoms. The van der Waals surface area contributed by atoms with E-state index in [2.05, 4.69) is 10.6 Å². The Balaban J connectivity index is 2.18. The van der Waals surface area contributed by atoms with E-state index in [-0.39, 0.29) is 29.7 Å². The van der Waals surface area contributed by atoms with Gasteiger partial charge in [0.05, 0.1) is 13.1 Å². The Morgan fingerprint density at radius 2 is 1.78 bits per heavy atom. The zero-order valence-electron chi connectivity index (χ0n) is 13.9. The summed E-state index contributed by atoms with van der Waals surface area (Å²) < 4.78 is 36.9. The Hall–Kier alpha value is -1.31. The molecule has 1 saturated heterocycles. The molecule has 0 unspecified atom stereocenters. The standard InChI is InChI=1S/C15H26F3N3O2/c1-14(2,3)6-12(22)20-8-13(23)19-7-11-4-5-21(9-11)10-15(16,17)18/h11H,4-10H2,1-3H3,(H,19,23)(H,20,22)/t11-/m1/s1. The second-order valence-electron chi connectivity index (χ2n) is 7.32. The van der Waals surface area contributed by atoms with Gasteiger partial charge in [0.15, 0.2) is 0 Å². The normalized spacial score (nSPS) is 19.7. The van der Waals surface area contributed by atoms with Crippen LogP contribution in [0.1, 0.15) is 33.6 Å². The first kappa shape index (κ1) is 19.7. The fourth-order valence-corrected chi connectivity index (χ4v) is 2.52. The monoisotopic (exact) mass is 337 g/mol. The molecule has 1 fully saturated rings. The molecule has 2 N–H and O–H groups in total. The molecule has 1 rings (SSSR count). The predicted molar refractivity (Wildman–Crippen MR) is 80.7 cm³/mol. The lowest BCUT2D eigenvalue weighted by Gasteiger charge is -2.18. The highest BCUT2D eigenvalue weighted by Crippen LogP contribution is 2.22. The largest absolute Gasteiger partial charge is 0.401 e. The second kappa shape index (κ2) is 7.99. The number of hydrogen-bond acceptors (Lipinski definition) is 3. The Kier molecular flexibility index (Phi) is 6.85. The first-order valence-corrected chi connectivity index (χ1v) is 7.77. The number of nitrogens with one attached hydrogen (secondary N) is 2. The number of hydrogen-bond donors (Lipinski definition) is 2. The van der Waals surface area contributed by atoms with Gasteiger partial charge in [0.1, 0.15) is 0 Å². The van der Waals surface area contributed by atoms with Gasteiger partial charge in [0.2, 0.25) is 11.8 Å². The van der Waals surface area contributed by atoms with Gasteiger partial charge in [0.25, 0.3) is 0 Å². The topological polar surface area (TPSA) is 61.4 Å². The van der Waals surface area contributed by atoms with Crippen molar-refractivity contribution in [1.29, 1.82) is 0 Å². The van der Waals surface area contributed by atoms with Gasteiger partial charge in [-0.1, -0.05) is 20.8 Å². The molecule has 0 aromatic rings. The summed E-state index contributed by atoms with van der Waals surface area (Å²) >= 11 is 0. The highest BCUT2D eigenvalue weighted by molar-refractivity contribution is 5.84. The molecule has 23 heavy (non-hydrogen) atoms. The minimum atomic E-state index is -4.19. The molecular formula is C15H26F3N3O2. The number of rotatable bonds is 6. The van der Waals surface area contributed by atoms with Crippen LogP contribution in [0.3, 0.4) is 0 Å². The Morgan fingerprint density at radius 1 is 1.13 bits per heavy atom. The van der Waals surface area contributed by atoms with E-state index in [4.69, 9.17) is 0 Å². The van der Waals surface area contributed by atoms with Crippen LogP contribution in [0.25, 0.3) is 0 Å². The quantitative estimate of drug-likeness (QED) is 0.773. The molecule has 0 aromatic heterocycles. The third kappa shape index (κ3) is 9.43. The average molecular weight is 337 g/mol. The number of carbonyl (C=O) groups excluding carboxylic acids is 2. The SMILES string of the molecule is CC(C)(C)CC(=O)NCC(=O)NC[C@H]1CCN(CC(F)(F)F)C1. The first-order valence-electron chi connectivity index (χ1n) is 7.77. The van der Waals surface area contributed by atoms with Crippen LogP contribution in [0, 0.1) is 11.3 Å². The summed E-state index contributed by atoms with van der Waals surface area (Å²) in [5, 5.41) is 5.21. The number of amides is 2. The summed E-state index contributed by atoms with van der Waals surface area (Å²) in [6, 6.07) is 0. The van der Waals surface area contributed by atoms with E-state index < -0.39 is 12.7 Å². The van der Waals surface area contributed by atoms with Crippen molar-refractivity contribution in [2.75, 3.05) is 32.7 Å². The van der Waals surface area contributed by atoms with Crippen molar-refractivity contribution >= 4 is 11.8 Å². The molecule has 0 aromatic carbocycles. The lowest BCUT2D eigenvalue weighted by molar-refractivity contribution is -0.143. The fourth-order valence-electron chi connectivity index (χ4n) is 2.52. The molecule has 0 bridgehead atoms. The molecule has 0 saturated carbocycles. The van der Waals surface area contributed by atoms with Crippen molar-refractivity contribution < 1.29 is 22.8 Å². The summed E-state index contributed by atoms with van der Waals surface area (Å²) in [5.41, 5.74) is -0.146. The predicted octanol–water partition coefficient (Wildman–Crippen LogP) is 1.54. The number of nitrogens with zero attached hydrogens (tertiary/aromatic N) is 1. The van der Waals surface area contributed by atoms with Gasteiger partial charge in [-0.25, -0.2) is 0 Å². The molecular weight excluding hydrogens is 311 g/mol. The fraction of sp³-hybridized carbons (Fsp3) is 0.867. The third-order valence-electron chi connectivity index (χ3n) is 3.50. The highest BCUT2D eigenvalue weighted by Gasteiger charge is 2.34. The van der Waals surface area contributed by atoms with Crippen molar-refractivity contribution in [3.63, 3.8) is 0 Å². The van der Waals surface area contributed by atoms with E-state index in [1.807, 2.05) is 20.8 Å². The molecule has 1 heterocycles. The molecule has 0 spiro atoms. The van der Waals surface area contributed by atoms with Crippen molar-refractivity contribution in [3.05, 3.63) is 0 Å². The van der Waals surface area contributed by atoms with Crippen LogP contribution in [-0.2, 0) is 9.59 Å². The lowest BCUT2D eigenvalue weighted by atomic mass is 9.92. The van der Waals surface area contributed by atoms with Crippen LogP contribution in [-0.4, -0.2) is 55.6 Å². The maximum atomic E-state index is 12.3. The van der Waals surface area contributed by atoms with E-state index in [0.717, 1.165) is 0 Å². The number of alkyl halides is 3. The second-order valence-corrected chi connectivity index (χ2v) is 7.32. The van der Waals surface area contributed by atoms with Crippen molar-refractivity contribution in [3.8, 4) is 0 Å². The van der Waals surface area contributed by atoms with E-state index >= 15 is 0 Å². The van der Waals surface area contributed by atoms with Crippen molar-refractivity contribution in [2.45, 2.75) is 39.8 Å². The van der Waals surface area contributed by atoms with Gasteiger partial charge >= 0.3 is 6.18 Å². The van der Waals surface area contributed by atoms with E-state index in [0.29, 0.717) is 32.5 Å². The minimum absolute atomic E-state index is 0.0200. The first-order chi connectivity index (χ1) is 10.4.